The number of amides is 2. The van der Waals surface area contributed by atoms with Crippen LogP contribution in [0.15, 0.2) is 12.4 Å². The van der Waals surface area contributed by atoms with Crippen molar-refractivity contribution in [2.75, 3.05) is 32.8 Å². The fourth-order valence-corrected chi connectivity index (χ4v) is 3.96. The van der Waals surface area contributed by atoms with Crippen LogP contribution in [0.1, 0.15) is 63.2 Å². The highest BCUT2D eigenvalue weighted by atomic mass is 16.5. The highest BCUT2D eigenvalue weighted by Crippen LogP contribution is 2.31. The second-order valence-corrected chi connectivity index (χ2v) is 7.55. The molecule has 1 atom stereocenters. The summed E-state index contributed by atoms with van der Waals surface area (Å²) < 4.78 is 5.32. The van der Waals surface area contributed by atoms with Crippen LogP contribution < -0.4 is 0 Å². The smallest absolute Gasteiger partial charge is 0.257 e. The summed E-state index contributed by atoms with van der Waals surface area (Å²) in [5.74, 6) is 0.467. The van der Waals surface area contributed by atoms with Crippen LogP contribution in [0.4, 0.5) is 0 Å². The van der Waals surface area contributed by atoms with Gasteiger partial charge in [-0.05, 0) is 33.1 Å². The van der Waals surface area contributed by atoms with Crippen molar-refractivity contribution in [1.29, 1.82) is 0 Å². The molecule has 1 unspecified atom stereocenters. The van der Waals surface area contributed by atoms with Gasteiger partial charge in [0.1, 0.15) is 0 Å². The van der Waals surface area contributed by atoms with Gasteiger partial charge in [-0.2, -0.15) is 5.10 Å². The van der Waals surface area contributed by atoms with Crippen molar-refractivity contribution in [3.63, 3.8) is 0 Å². The molecule has 0 spiro atoms. The maximum Gasteiger partial charge on any atom is 0.257 e. The molecule has 9 nitrogen and oxygen atoms in total. The topological polar surface area (TPSA) is 104 Å². The molecule has 4 heterocycles. The van der Waals surface area contributed by atoms with Crippen LogP contribution in [0.3, 0.4) is 0 Å². The van der Waals surface area contributed by atoms with Crippen LogP contribution in [0, 0.1) is 13.8 Å². The number of nitrogens with one attached hydrogen (secondary N) is 1. The minimum atomic E-state index is -0.197. The van der Waals surface area contributed by atoms with Crippen LogP contribution in [0.2, 0.25) is 0 Å². The highest BCUT2D eigenvalue weighted by molar-refractivity contribution is 5.96. The number of morpholine rings is 1. The van der Waals surface area contributed by atoms with Crippen LogP contribution in [0.25, 0.3) is 0 Å². The maximum absolute atomic E-state index is 13.1. The Labute approximate surface area is 169 Å². The van der Waals surface area contributed by atoms with E-state index in [1.165, 1.54) is 0 Å². The average molecular weight is 398 g/mol. The molecule has 2 aromatic heterocycles. The number of hydrogen-bond donors (Lipinski definition) is 1. The summed E-state index contributed by atoms with van der Waals surface area (Å²) in [6, 6.07) is -0.197. The second-order valence-electron chi connectivity index (χ2n) is 7.55. The monoisotopic (exact) mass is 398 g/mol. The molecule has 2 saturated heterocycles. The third-order valence-electron chi connectivity index (χ3n) is 5.65. The first kappa shape index (κ1) is 19.5. The lowest BCUT2D eigenvalue weighted by Gasteiger charge is -2.35. The zero-order chi connectivity index (χ0) is 20.4. The molecule has 2 aliphatic heterocycles. The molecular weight excluding hydrogens is 372 g/mol. The van der Waals surface area contributed by atoms with Gasteiger partial charge in [-0.15, -0.1) is 0 Å². The number of piperidine rings is 1. The number of likely N-dealkylation sites (tertiary alicyclic amines) is 1. The zero-order valence-electron chi connectivity index (χ0n) is 16.8. The maximum atomic E-state index is 13.1. The molecule has 2 aromatic rings. The van der Waals surface area contributed by atoms with E-state index in [4.69, 9.17) is 4.74 Å². The van der Waals surface area contributed by atoms with Gasteiger partial charge in [-0.25, -0.2) is 9.97 Å². The Morgan fingerprint density at radius 2 is 1.86 bits per heavy atom. The molecule has 4 rings (SSSR count). The van der Waals surface area contributed by atoms with Crippen LogP contribution in [0.5, 0.6) is 0 Å². The van der Waals surface area contributed by atoms with Gasteiger partial charge < -0.3 is 14.5 Å². The number of aryl methyl sites for hydroxylation is 2. The van der Waals surface area contributed by atoms with Crippen molar-refractivity contribution in [3.8, 4) is 0 Å². The molecule has 0 radical (unpaired) electrons. The lowest BCUT2D eigenvalue weighted by atomic mass is 9.99. The predicted molar refractivity (Wildman–Crippen MR) is 104 cm³/mol. The number of carbonyl (C=O) groups excluding carboxylic acids is 2. The fraction of sp³-hybridized carbons (Fsp3) is 0.550. The Balaban J connectivity index is 1.57. The molecule has 2 aliphatic rings. The van der Waals surface area contributed by atoms with Crippen molar-refractivity contribution in [1.82, 2.24) is 30.0 Å². The number of carbonyl (C=O) groups is 2. The van der Waals surface area contributed by atoms with Crippen molar-refractivity contribution < 1.29 is 14.3 Å². The number of rotatable bonds is 3. The van der Waals surface area contributed by atoms with E-state index in [0.717, 1.165) is 25.0 Å². The summed E-state index contributed by atoms with van der Waals surface area (Å²) in [6.07, 6.45) is 5.94. The Kier molecular flexibility index (Phi) is 5.57. The summed E-state index contributed by atoms with van der Waals surface area (Å²) in [7, 11) is 0. The van der Waals surface area contributed by atoms with Gasteiger partial charge in [0.05, 0.1) is 42.3 Å². The Morgan fingerprint density at radius 1 is 1.07 bits per heavy atom. The minimum absolute atomic E-state index is 0.0596. The molecule has 2 amide bonds. The third kappa shape index (κ3) is 3.87. The van der Waals surface area contributed by atoms with Gasteiger partial charge in [0.15, 0.2) is 5.82 Å². The molecule has 1 N–H and O–H groups in total. The van der Waals surface area contributed by atoms with E-state index >= 15 is 0 Å². The molecule has 0 bridgehead atoms. The molecule has 0 aliphatic carbocycles. The van der Waals surface area contributed by atoms with Crippen molar-refractivity contribution in [2.24, 2.45) is 0 Å². The first-order valence-electron chi connectivity index (χ1n) is 10.1. The van der Waals surface area contributed by atoms with Crippen LogP contribution >= 0.6 is 0 Å². The highest BCUT2D eigenvalue weighted by Gasteiger charge is 2.32. The number of aromatic nitrogens is 4. The summed E-state index contributed by atoms with van der Waals surface area (Å²) in [5.41, 5.74) is 2.48. The van der Waals surface area contributed by atoms with Gasteiger partial charge in [-0.3, -0.25) is 14.7 Å². The summed E-state index contributed by atoms with van der Waals surface area (Å²) >= 11 is 0. The number of hydrogen-bond acceptors (Lipinski definition) is 6. The lowest BCUT2D eigenvalue weighted by molar-refractivity contribution is 0.0301. The zero-order valence-corrected chi connectivity index (χ0v) is 16.8. The number of H-pyrrole nitrogens is 1. The van der Waals surface area contributed by atoms with Crippen molar-refractivity contribution in [3.05, 3.63) is 40.7 Å². The number of nitrogens with zero attached hydrogens (tertiary/aromatic N) is 5. The lowest BCUT2D eigenvalue weighted by Crippen LogP contribution is -2.41. The number of ether oxygens (including phenoxy) is 1. The number of aromatic amines is 1. The molecule has 0 saturated carbocycles. The normalized spacial score (nSPS) is 20.0. The first-order chi connectivity index (χ1) is 14.1. The molecule has 0 aromatic carbocycles. The summed E-state index contributed by atoms with van der Waals surface area (Å²) in [4.78, 5) is 38.6. The van der Waals surface area contributed by atoms with Gasteiger partial charge in [0.25, 0.3) is 11.8 Å². The molecule has 9 heteroatoms. The fourth-order valence-electron chi connectivity index (χ4n) is 3.96. The third-order valence-corrected chi connectivity index (χ3v) is 5.65. The first-order valence-corrected chi connectivity index (χ1v) is 10.1. The molecular formula is C20H26N6O3. The Morgan fingerprint density at radius 3 is 2.55 bits per heavy atom. The van der Waals surface area contributed by atoms with E-state index in [9.17, 15) is 9.59 Å². The van der Waals surface area contributed by atoms with E-state index in [1.807, 2.05) is 18.7 Å². The van der Waals surface area contributed by atoms with Crippen LogP contribution in [-0.2, 0) is 4.74 Å². The Bertz CT molecular complexity index is 905. The quantitative estimate of drug-likeness (QED) is 0.843. The van der Waals surface area contributed by atoms with E-state index in [2.05, 4.69) is 20.2 Å². The second kappa shape index (κ2) is 8.28. The SMILES string of the molecule is Cc1nc(C2CCCCN2C(=O)c2cn[nH]c2C)ncc1C(=O)N1CCOCC1. The van der Waals surface area contributed by atoms with Crippen LogP contribution in [-0.4, -0.2) is 74.6 Å². The van der Waals surface area contributed by atoms with E-state index in [0.29, 0.717) is 55.5 Å². The van der Waals surface area contributed by atoms with Crippen molar-refractivity contribution in [2.45, 2.75) is 39.2 Å². The van der Waals surface area contributed by atoms with E-state index in [-0.39, 0.29) is 17.9 Å². The minimum Gasteiger partial charge on any atom is -0.378 e. The summed E-state index contributed by atoms with van der Waals surface area (Å²) in [6.45, 7) is 6.58. The summed E-state index contributed by atoms with van der Waals surface area (Å²) in [5, 5.41) is 6.79. The molecule has 29 heavy (non-hydrogen) atoms. The van der Waals surface area contributed by atoms with Gasteiger partial charge in [0.2, 0.25) is 0 Å². The van der Waals surface area contributed by atoms with E-state index in [1.54, 1.807) is 17.3 Å². The standard InChI is InChI=1S/C20H26N6O3/c1-13-15(19(27)25-7-9-29-10-8-25)11-21-18(23-13)17-5-3-4-6-26(17)20(28)16-12-22-24-14(16)2/h11-12,17H,3-10H2,1-2H3,(H,22,24). The molecule has 2 fully saturated rings. The van der Waals surface area contributed by atoms with Crippen molar-refractivity contribution >= 4 is 11.8 Å². The van der Waals surface area contributed by atoms with E-state index < -0.39 is 0 Å². The van der Waals surface area contributed by atoms with Gasteiger partial charge in [-0.1, -0.05) is 0 Å². The van der Waals surface area contributed by atoms with Gasteiger partial charge in [0, 0.05) is 31.5 Å². The predicted octanol–water partition coefficient (Wildman–Crippen LogP) is 1.66. The average Bonchev–Trinajstić information content (AvgIpc) is 3.19. The van der Waals surface area contributed by atoms with Gasteiger partial charge >= 0.3 is 0 Å². The largest absolute Gasteiger partial charge is 0.378 e. The Hall–Kier alpha value is -2.81. The molecule has 154 valence electrons.